The molecule has 3 nitrogen and oxygen atoms in total. The molecule has 3 heteroatoms. The summed E-state index contributed by atoms with van der Waals surface area (Å²) in [5.41, 5.74) is 1.99. The van der Waals surface area contributed by atoms with Gasteiger partial charge in [-0.25, -0.2) is 0 Å². The van der Waals surface area contributed by atoms with Crippen LogP contribution in [0.5, 0.6) is 5.75 Å². The number of aliphatic hydroxyl groups is 1. The van der Waals surface area contributed by atoms with Crippen molar-refractivity contribution >= 4 is 10.9 Å². The minimum Gasteiger partial charge on any atom is -0.508 e. The molecule has 0 amide bonds. The molecule has 0 saturated carbocycles. The SMILES string of the molecule is OCCc1c[nH]c2cc(O)ccc12. The molecule has 3 N–H and O–H groups in total. The van der Waals surface area contributed by atoms with Gasteiger partial charge in [0, 0.05) is 29.8 Å². The van der Waals surface area contributed by atoms with E-state index in [0.717, 1.165) is 16.5 Å². The highest BCUT2D eigenvalue weighted by Crippen LogP contribution is 2.22. The van der Waals surface area contributed by atoms with Gasteiger partial charge in [0.25, 0.3) is 0 Å². The first-order valence-corrected chi connectivity index (χ1v) is 4.21. The van der Waals surface area contributed by atoms with Gasteiger partial charge in [0.05, 0.1) is 0 Å². The second-order valence-corrected chi connectivity index (χ2v) is 3.02. The number of nitrogens with one attached hydrogen (secondary N) is 1. The Labute approximate surface area is 75.6 Å². The van der Waals surface area contributed by atoms with Crippen LogP contribution in [0.4, 0.5) is 0 Å². The first-order chi connectivity index (χ1) is 6.31. The van der Waals surface area contributed by atoms with Crippen LogP contribution in [0.25, 0.3) is 10.9 Å². The molecule has 0 saturated heterocycles. The normalized spacial score (nSPS) is 10.8. The number of phenolic OH excluding ortho intramolecular Hbond substituents is 1. The number of aromatic nitrogens is 1. The zero-order valence-corrected chi connectivity index (χ0v) is 7.12. The Bertz CT molecular complexity index is 420. The molecular formula is C10H11NO2. The third-order valence-electron chi connectivity index (χ3n) is 2.13. The van der Waals surface area contributed by atoms with Crippen molar-refractivity contribution in [1.82, 2.24) is 4.98 Å². The van der Waals surface area contributed by atoms with Crippen LogP contribution in [0.2, 0.25) is 0 Å². The molecule has 1 heterocycles. The first kappa shape index (κ1) is 8.13. The highest BCUT2D eigenvalue weighted by atomic mass is 16.3. The van der Waals surface area contributed by atoms with Crippen molar-refractivity contribution in [3.8, 4) is 5.75 Å². The number of aliphatic hydroxyl groups excluding tert-OH is 1. The zero-order valence-electron chi connectivity index (χ0n) is 7.12. The summed E-state index contributed by atoms with van der Waals surface area (Å²) < 4.78 is 0. The van der Waals surface area contributed by atoms with E-state index in [9.17, 15) is 5.11 Å². The van der Waals surface area contributed by atoms with Gasteiger partial charge in [-0.05, 0) is 24.1 Å². The maximum absolute atomic E-state index is 9.20. The van der Waals surface area contributed by atoms with Crippen LogP contribution in [0, 0.1) is 0 Å². The molecular weight excluding hydrogens is 166 g/mol. The van der Waals surface area contributed by atoms with Gasteiger partial charge in [-0.1, -0.05) is 0 Å². The number of H-pyrrole nitrogens is 1. The predicted molar refractivity (Wildman–Crippen MR) is 50.8 cm³/mol. The number of hydrogen-bond donors (Lipinski definition) is 3. The number of benzene rings is 1. The van der Waals surface area contributed by atoms with Crippen molar-refractivity contribution in [2.75, 3.05) is 6.61 Å². The Morgan fingerprint density at radius 2 is 2.15 bits per heavy atom. The van der Waals surface area contributed by atoms with Crippen LogP contribution >= 0.6 is 0 Å². The lowest BCUT2D eigenvalue weighted by molar-refractivity contribution is 0.300. The Morgan fingerprint density at radius 1 is 1.31 bits per heavy atom. The Kier molecular flexibility index (Phi) is 1.94. The van der Waals surface area contributed by atoms with E-state index in [1.807, 2.05) is 12.3 Å². The molecule has 0 aliphatic heterocycles. The van der Waals surface area contributed by atoms with Gasteiger partial charge in [0.1, 0.15) is 5.75 Å². The topological polar surface area (TPSA) is 56.2 Å². The molecule has 13 heavy (non-hydrogen) atoms. The monoisotopic (exact) mass is 177 g/mol. The average Bonchev–Trinajstić information content (AvgIpc) is 2.49. The van der Waals surface area contributed by atoms with Gasteiger partial charge >= 0.3 is 0 Å². The minimum absolute atomic E-state index is 0.147. The van der Waals surface area contributed by atoms with E-state index in [0.29, 0.717) is 6.42 Å². The van der Waals surface area contributed by atoms with Crippen molar-refractivity contribution in [3.05, 3.63) is 30.0 Å². The van der Waals surface area contributed by atoms with E-state index in [4.69, 9.17) is 5.11 Å². The second-order valence-electron chi connectivity index (χ2n) is 3.02. The molecule has 0 aliphatic rings. The molecule has 0 aliphatic carbocycles. The fourth-order valence-corrected chi connectivity index (χ4v) is 1.50. The highest BCUT2D eigenvalue weighted by molar-refractivity contribution is 5.84. The second kappa shape index (κ2) is 3.11. The summed E-state index contributed by atoms with van der Waals surface area (Å²) in [5.74, 6) is 0.255. The average molecular weight is 177 g/mol. The van der Waals surface area contributed by atoms with Crippen molar-refractivity contribution in [2.45, 2.75) is 6.42 Å². The number of rotatable bonds is 2. The molecule has 1 aromatic heterocycles. The Balaban J connectivity index is 2.55. The van der Waals surface area contributed by atoms with Gasteiger partial charge in [0.2, 0.25) is 0 Å². The third kappa shape index (κ3) is 1.38. The molecule has 0 atom stereocenters. The maximum Gasteiger partial charge on any atom is 0.117 e. The fraction of sp³-hybridized carbons (Fsp3) is 0.200. The number of aromatic hydroxyl groups is 1. The molecule has 0 fully saturated rings. The number of fused-ring (bicyclic) bond motifs is 1. The molecule has 0 unspecified atom stereocenters. The van der Waals surface area contributed by atoms with Crippen LogP contribution in [0.15, 0.2) is 24.4 Å². The summed E-state index contributed by atoms with van der Waals surface area (Å²) in [4.78, 5) is 3.04. The van der Waals surface area contributed by atoms with Gasteiger partial charge in [-0.2, -0.15) is 0 Å². The summed E-state index contributed by atoms with van der Waals surface area (Å²) in [7, 11) is 0. The van der Waals surface area contributed by atoms with E-state index < -0.39 is 0 Å². The third-order valence-corrected chi connectivity index (χ3v) is 2.13. The molecule has 2 rings (SSSR count). The van der Waals surface area contributed by atoms with Crippen molar-refractivity contribution in [1.29, 1.82) is 0 Å². The molecule has 0 radical (unpaired) electrons. The lowest BCUT2D eigenvalue weighted by Gasteiger charge is -1.95. The van der Waals surface area contributed by atoms with Crippen molar-refractivity contribution < 1.29 is 10.2 Å². The molecule has 2 aromatic rings. The van der Waals surface area contributed by atoms with E-state index in [-0.39, 0.29) is 12.4 Å². The molecule has 0 spiro atoms. The maximum atomic E-state index is 9.20. The van der Waals surface area contributed by atoms with Crippen LogP contribution in [-0.4, -0.2) is 21.8 Å². The summed E-state index contributed by atoms with van der Waals surface area (Å²) in [5, 5.41) is 19.1. The van der Waals surface area contributed by atoms with Gasteiger partial charge in [-0.15, -0.1) is 0 Å². The van der Waals surface area contributed by atoms with E-state index in [1.165, 1.54) is 0 Å². The summed E-state index contributed by atoms with van der Waals surface area (Å²) >= 11 is 0. The number of hydrogen-bond acceptors (Lipinski definition) is 2. The lowest BCUT2D eigenvalue weighted by Crippen LogP contribution is -1.87. The zero-order chi connectivity index (χ0) is 9.26. The van der Waals surface area contributed by atoms with Crippen LogP contribution in [-0.2, 0) is 6.42 Å². The first-order valence-electron chi connectivity index (χ1n) is 4.21. The fourth-order valence-electron chi connectivity index (χ4n) is 1.50. The molecule has 0 bridgehead atoms. The Hall–Kier alpha value is -1.48. The summed E-state index contributed by atoms with van der Waals surface area (Å²) in [6.07, 6.45) is 2.51. The van der Waals surface area contributed by atoms with E-state index in [1.54, 1.807) is 12.1 Å². The largest absolute Gasteiger partial charge is 0.508 e. The molecule has 68 valence electrons. The predicted octanol–water partition coefficient (Wildman–Crippen LogP) is 1.41. The van der Waals surface area contributed by atoms with Gasteiger partial charge < -0.3 is 15.2 Å². The quantitative estimate of drug-likeness (QED) is 0.649. The van der Waals surface area contributed by atoms with Crippen molar-refractivity contribution in [3.63, 3.8) is 0 Å². The van der Waals surface area contributed by atoms with Gasteiger partial charge in [0.15, 0.2) is 0 Å². The van der Waals surface area contributed by atoms with Crippen LogP contribution < -0.4 is 0 Å². The summed E-state index contributed by atoms with van der Waals surface area (Å²) in [6, 6.07) is 5.18. The van der Waals surface area contributed by atoms with Crippen LogP contribution in [0.1, 0.15) is 5.56 Å². The lowest BCUT2D eigenvalue weighted by atomic mass is 10.1. The Morgan fingerprint density at radius 3 is 2.92 bits per heavy atom. The number of aromatic amines is 1. The smallest absolute Gasteiger partial charge is 0.117 e. The standard InChI is InChI=1S/C10H11NO2/c12-4-3-7-6-11-10-5-8(13)1-2-9(7)10/h1-2,5-6,11-13H,3-4H2. The summed E-state index contributed by atoms with van der Waals surface area (Å²) in [6.45, 7) is 0.147. The number of phenols is 1. The molecule has 1 aromatic carbocycles. The van der Waals surface area contributed by atoms with E-state index >= 15 is 0 Å². The minimum atomic E-state index is 0.147. The van der Waals surface area contributed by atoms with Crippen molar-refractivity contribution in [2.24, 2.45) is 0 Å². The van der Waals surface area contributed by atoms with Crippen LogP contribution in [0.3, 0.4) is 0 Å². The highest BCUT2D eigenvalue weighted by Gasteiger charge is 2.02. The van der Waals surface area contributed by atoms with E-state index in [2.05, 4.69) is 4.98 Å². The van der Waals surface area contributed by atoms with Gasteiger partial charge in [-0.3, -0.25) is 0 Å².